The first-order valence-corrected chi connectivity index (χ1v) is 10.5. The van der Waals surface area contributed by atoms with Gasteiger partial charge in [0.05, 0.1) is 22.4 Å². The quantitative estimate of drug-likeness (QED) is 0.496. The SMILES string of the molecule is CC(C)C(=O)Nc1ccc(N2C(=S)N[C@H](c3ccccn3)[C@H]2c2ccc[nH]2)cc1Cl. The molecule has 1 aliphatic heterocycles. The summed E-state index contributed by atoms with van der Waals surface area (Å²) in [6.07, 6.45) is 3.67. The van der Waals surface area contributed by atoms with Crippen molar-refractivity contribution < 1.29 is 4.79 Å². The molecule has 0 aliphatic carbocycles. The molecule has 0 radical (unpaired) electrons. The van der Waals surface area contributed by atoms with Gasteiger partial charge in [-0.1, -0.05) is 31.5 Å². The molecule has 3 aromatic rings. The Labute approximate surface area is 185 Å². The third-order valence-corrected chi connectivity index (χ3v) is 5.68. The second-order valence-electron chi connectivity index (χ2n) is 7.43. The minimum absolute atomic E-state index is 0.0810. The van der Waals surface area contributed by atoms with E-state index < -0.39 is 0 Å². The van der Waals surface area contributed by atoms with Crippen molar-refractivity contribution in [3.63, 3.8) is 0 Å². The van der Waals surface area contributed by atoms with E-state index in [9.17, 15) is 4.79 Å². The lowest BCUT2D eigenvalue weighted by molar-refractivity contribution is -0.118. The van der Waals surface area contributed by atoms with Crippen LogP contribution in [-0.4, -0.2) is 21.0 Å². The monoisotopic (exact) mass is 439 g/mol. The topological polar surface area (TPSA) is 73.1 Å². The van der Waals surface area contributed by atoms with Crippen LogP contribution in [0.15, 0.2) is 60.9 Å². The van der Waals surface area contributed by atoms with Crippen LogP contribution in [0.2, 0.25) is 5.02 Å². The number of halogens is 1. The smallest absolute Gasteiger partial charge is 0.226 e. The Balaban J connectivity index is 1.71. The average molecular weight is 440 g/mol. The second kappa shape index (κ2) is 8.45. The maximum absolute atomic E-state index is 12.0. The van der Waals surface area contributed by atoms with E-state index in [4.69, 9.17) is 23.8 Å². The number of benzene rings is 1. The highest BCUT2D eigenvalue weighted by Crippen LogP contribution is 2.42. The first-order valence-electron chi connectivity index (χ1n) is 9.70. The summed E-state index contributed by atoms with van der Waals surface area (Å²) in [5.74, 6) is -0.213. The molecule has 8 heteroatoms. The van der Waals surface area contributed by atoms with Gasteiger partial charge in [0.1, 0.15) is 6.04 Å². The molecule has 0 unspecified atom stereocenters. The van der Waals surface area contributed by atoms with Gasteiger partial charge in [0.15, 0.2) is 5.11 Å². The number of carbonyl (C=O) groups is 1. The highest BCUT2D eigenvalue weighted by Gasteiger charge is 2.41. The Morgan fingerprint density at radius 2 is 2.07 bits per heavy atom. The number of nitrogens with one attached hydrogen (secondary N) is 3. The first-order chi connectivity index (χ1) is 14.5. The fourth-order valence-corrected chi connectivity index (χ4v) is 4.08. The van der Waals surface area contributed by atoms with Gasteiger partial charge in [0, 0.05) is 29.7 Å². The van der Waals surface area contributed by atoms with Gasteiger partial charge in [-0.2, -0.15) is 0 Å². The first kappa shape index (κ1) is 20.4. The molecule has 1 saturated heterocycles. The summed E-state index contributed by atoms with van der Waals surface area (Å²) >= 11 is 12.2. The second-order valence-corrected chi connectivity index (χ2v) is 8.22. The van der Waals surface area contributed by atoms with Crippen molar-refractivity contribution in [2.45, 2.75) is 25.9 Å². The van der Waals surface area contributed by atoms with E-state index in [1.54, 1.807) is 12.3 Å². The minimum atomic E-state index is -0.132. The van der Waals surface area contributed by atoms with Crippen molar-refractivity contribution in [3.8, 4) is 0 Å². The van der Waals surface area contributed by atoms with Crippen molar-refractivity contribution in [2.24, 2.45) is 5.92 Å². The van der Waals surface area contributed by atoms with Crippen molar-refractivity contribution >= 4 is 46.2 Å². The van der Waals surface area contributed by atoms with Gasteiger partial charge in [-0.15, -0.1) is 0 Å². The maximum atomic E-state index is 12.0. The molecule has 0 saturated carbocycles. The Morgan fingerprint density at radius 3 is 2.70 bits per heavy atom. The number of hydrogen-bond acceptors (Lipinski definition) is 3. The van der Waals surface area contributed by atoms with Crippen LogP contribution < -0.4 is 15.5 Å². The molecule has 4 rings (SSSR count). The lowest BCUT2D eigenvalue weighted by Gasteiger charge is -2.27. The van der Waals surface area contributed by atoms with Gasteiger partial charge in [-0.3, -0.25) is 9.78 Å². The molecule has 1 amide bonds. The van der Waals surface area contributed by atoms with Crippen LogP contribution in [0.25, 0.3) is 0 Å². The Hall–Kier alpha value is -2.90. The van der Waals surface area contributed by atoms with Crippen LogP contribution in [0.5, 0.6) is 0 Å². The number of pyridine rings is 1. The highest BCUT2D eigenvalue weighted by atomic mass is 35.5. The van der Waals surface area contributed by atoms with Gasteiger partial charge in [0.2, 0.25) is 5.91 Å². The molecule has 2 atom stereocenters. The Bertz CT molecular complexity index is 1050. The largest absolute Gasteiger partial charge is 0.363 e. The molecule has 30 heavy (non-hydrogen) atoms. The molecule has 3 heterocycles. The summed E-state index contributed by atoms with van der Waals surface area (Å²) < 4.78 is 0. The summed E-state index contributed by atoms with van der Waals surface area (Å²) in [5, 5.41) is 7.30. The lowest BCUT2D eigenvalue weighted by atomic mass is 10.0. The predicted octanol–water partition coefficient (Wildman–Crippen LogP) is 4.83. The van der Waals surface area contributed by atoms with E-state index in [2.05, 4.69) is 20.6 Å². The van der Waals surface area contributed by atoms with Crippen molar-refractivity contribution in [3.05, 3.63) is 77.3 Å². The lowest BCUT2D eigenvalue weighted by Crippen LogP contribution is -2.29. The van der Waals surface area contributed by atoms with Crippen LogP contribution in [-0.2, 0) is 4.79 Å². The van der Waals surface area contributed by atoms with Gasteiger partial charge in [-0.25, -0.2) is 0 Å². The average Bonchev–Trinajstić information content (AvgIpc) is 3.37. The third kappa shape index (κ3) is 3.91. The van der Waals surface area contributed by atoms with Crippen LogP contribution in [0.1, 0.15) is 37.3 Å². The molecule has 1 aliphatic rings. The van der Waals surface area contributed by atoms with Crippen LogP contribution in [0.3, 0.4) is 0 Å². The van der Waals surface area contributed by atoms with Crippen LogP contribution >= 0.6 is 23.8 Å². The zero-order valence-electron chi connectivity index (χ0n) is 16.6. The van der Waals surface area contributed by atoms with Crippen LogP contribution in [0, 0.1) is 5.92 Å². The summed E-state index contributed by atoms with van der Waals surface area (Å²) in [5.41, 5.74) is 3.31. The van der Waals surface area contributed by atoms with Gasteiger partial charge in [-0.05, 0) is 54.7 Å². The molecular formula is C22H22ClN5OS. The molecule has 2 aromatic heterocycles. The molecule has 1 aromatic carbocycles. The molecule has 3 N–H and O–H groups in total. The van der Waals surface area contributed by atoms with E-state index in [1.807, 2.05) is 67.4 Å². The molecule has 1 fully saturated rings. The number of aromatic nitrogens is 2. The van der Waals surface area contributed by atoms with E-state index in [-0.39, 0.29) is 23.9 Å². The molecule has 6 nitrogen and oxygen atoms in total. The number of aromatic amines is 1. The minimum Gasteiger partial charge on any atom is -0.363 e. The maximum Gasteiger partial charge on any atom is 0.226 e. The summed E-state index contributed by atoms with van der Waals surface area (Å²) in [6, 6.07) is 15.1. The Kier molecular flexibility index (Phi) is 5.74. The van der Waals surface area contributed by atoms with Gasteiger partial charge >= 0.3 is 0 Å². The summed E-state index contributed by atoms with van der Waals surface area (Å²) in [4.78, 5) is 21.9. The normalized spacial score (nSPS) is 18.5. The van der Waals surface area contributed by atoms with Crippen molar-refractivity contribution in [1.29, 1.82) is 0 Å². The van der Waals surface area contributed by atoms with E-state index in [0.29, 0.717) is 15.8 Å². The number of hydrogen-bond donors (Lipinski definition) is 3. The van der Waals surface area contributed by atoms with Crippen molar-refractivity contribution in [1.82, 2.24) is 15.3 Å². The zero-order chi connectivity index (χ0) is 21.3. The molecular weight excluding hydrogens is 418 g/mol. The number of nitrogens with zero attached hydrogens (tertiary/aromatic N) is 2. The van der Waals surface area contributed by atoms with Gasteiger partial charge in [0.25, 0.3) is 0 Å². The van der Waals surface area contributed by atoms with Gasteiger partial charge < -0.3 is 20.5 Å². The summed E-state index contributed by atoms with van der Waals surface area (Å²) in [7, 11) is 0. The van der Waals surface area contributed by atoms with Crippen LogP contribution in [0.4, 0.5) is 11.4 Å². The molecule has 154 valence electrons. The fourth-order valence-electron chi connectivity index (χ4n) is 3.51. The number of anilines is 2. The van der Waals surface area contributed by atoms with Crippen molar-refractivity contribution in [2.75, 3.05) is 10.2 Å². The number of rotatable bonds is 5. The fraction of sp³-hybridized carbons (Fsp3) is 0.227. The number of amides is 1. The van der Waals surface area contributed by atoms with E-state index >= 15 is 0 Å². The highest BCUT2D eigenvalue weighted by molar-refractivity contribution is 7.80. The number of thiocarbonyl (C=S) groups is 1. The third-order valence-electron chi connectivity index (χ3n) is 5.05. The number of H-pyrrole nitrogens is 1. The molecule has 0 bridgehead atoms. The standard InChI is InChI=1S/C22H22ClN5OS/c1-13(2)21(29)26-16-9-8-14(12-15(16)23)28-20(18-7-5-11-25-18)19(27-22(28)30)17-6-3-4-10-24-17/h3-13,19-20,25H,1-2H3,(H,26,29)(H,27,30)/t19-,20-/m1/s1. The zero-order valence-corrected chi connectivity index (χ0v) is 18.2. The predicted molar refractivity (Wildman–Crippen MR) is 124 cm³/mol. The number of carbonyl (C=O) groups excluding carboxylic acids is 1. The molecule has 0 spiro atoms. The Morgan fingerprint density at radius 1 is 1.23 bits per heavy atom. The van der Waals surface area contributed by atoms with E-state index in [1.165, 1.54) is 0 Å². The van der Waals surface area contributed by atoms with E-state index in [0.717, 1.165) is 17.1 Å². The summed E-state index contributed by atoms with van der Waals surface area (Å²) in [6.45, 7) is 3.68.